The number of carbonyl (C=O) groups excluding carboxylic acids is 1. The van der Waals surface area contributed by atoms with E-state index >= 15 is 0 Å². The van der Waals surface area contributed by atoms with E-state index in [-0.39, 0.29) is 36.4 Å². The first-order valence-electron chi connectivity index (χ1n) is 6.89. The van der Waals surface area contributed by atoms with Gasteiger partial charge in [0.25, 0.3) is 0 Å². The van der Waals surface area contributed by atoms with E-state index in [1.807, 2.05) is 0 Å². The molecule has 0 radical (unpaired) electrons. The third-order valence-electron chi connectivity index (χ3n) is 4.38. The molecule has 4 atom stereocenters. The molecule has 17 heavy (non-hydrogen) atoms. The highest BCUT2D eigenvalue weighted by molar-refractivity contribution is 5.80. The molecule has 0 aromatic heterocycles. The summed E-state index contributed by atoms with van der Waals surface area (Å²) in [6.07, 6.45) is 7.29. The summed E-state index contributed by atoms with van der Waals surface area (Å²) in [6, 6.07) is 0.195. The van der Waals surface area contributed by atoms with Crippen LogP contribution in [-0.4, -0.2) is 29.7 Å². The molecule has 0 heterocycles. The van der Waals surface area contributed by atoms with Gasteiger partial charge in [-0.3, -0.25) is 4.79 Å². The smallest absolute Gasteiger partial charge is 0.224 e. The molecule has 2 rings (SSSR count). The predicted molar refractivity (Wildman–Crippen MR) is 66.3 cm³/mol. The summed E-state index contributed by atoms with van der Waals surface area (Å²) in [5.41, 5.74) is 5.94. The van der Waals surface area contributed by atoms with E-state index in [2.05, 4.69) is 5.32 Å². The quantitative estimate of drug-likeness (QED) is 0.682. The molecule has 98 valence electrons. The summed E-state index contributed by atoms with van der Waals surface area (Å²) in [5, 5.41) is 12.4. The van der Waals surface area contributed by atoms with Crippen LogP contribution < -0.4 is 11.1 Å². The monoisotopic (exact) mass is 240 g/mol. The number of rotatable bonds is 3. The summed E-state index contributed by atoms with van der Waals surface area (Å²) in [5.74, 6) is 0.349. The highest BCUT2D eigenvalue weighted by Crippen LogP contribution is 2.27. The van der Waals surface area contributed by atoms with Crippen molar-refractivity contribution in [2.45, 2.75) is 57.0 Å². The van der Waals surface area contributed by atoms with Gasteiger partial charge >= 0.3 is 0 Å². The Balaban J connectivity index is 1.88. The molecule has 0 saturated heterocycles. The Morgan fingerprint density at radius 3 is 2.59 bits per heavy atom. The van der Waals surface area contributed by atoms with Gasteiger partial charge in [0.05, 0.1) is 5.92 Å². The van der Waals surface area contributed by atoms with Crippen LogP contribution in [-0.2, 0) is 4.79 Å². The Morgan fingerprint density at radius 1 is 1.18 bits per heavy atom. The molecule has 2 saturated carbocycles. The van der Waals surface area contributed by atoms with Crippen molar-refractivity contribution >= 4 is 5.91 Å². The van der Waals surface area contributed by atoms with Gasteiger partial charge in [-0.1, -0.05) is 19.3 Å². The summed E-state index contributed by atoms with van der Waals surface area (Å²) < 4.78 is 0. The zero-order valence-electron chi connectivity index (χ0n) is 10.4. The molecule has 0 bridgehead atoms. The lowest BCUT2D eigenvalue weighted by atomic mass is 9.84. The van der Waals surface area contributed by atoms with E-state index < -0.39 is 0 Å². The van der Waals surface area contributed by atoms with Crippen LogP contribution in [0.15, 0.2) is 0 Å². The minimum Gasteiger partial charge on any atom is -0.396 e. The Labute approximate surface area is 103 Å². The standard InChI is InChI=1S/C13H24N2O2/c14-11-6-3-5-10(11)13(17)15-12-7-2-1-4-9(12)8-16/h9-12,16H,1-8,14H2,(H,15,17). The van der Waals surface area contributed by atoms with Gasteiger partial charge in [-0.2, -0.15) is 0 Å². The average Bonchev–Trinajstić information content (AvgIpc) is 2.76. The molecule has 4 nitrogen and oxygen atoms in total. The van der Waals surface area contributed by atoms with Crippen molar-refractivity contribution in [1.82, 2.24) is 5.32 Å². The maximum absolute atomic E-state index is 12.1. The topological polar surface area (TPSA) is 75.4 Å². The molecule has 0 aromatic rings. The molecular formula is C13H24N2O2. The van der Waals surface area contributed by atoms with Gasteiger partial charge in [0.15, 0.2) is 0 Å². The minimum absolute atomic E-state index is 0.00345. The van der Waals surface area contributed by atoms with Crippen LogP contribution in [0.5, 0.6) is 0 Å². The van der Waals surface area contributed by atoms with Crippen LogP contribution in [0.2, 0.25) is 0 Å². The molecule has 2 aliphatic rings. The molecule has 1 amide bonds. The highest BCUT2D eigenvalue weighted by Gasteiger charge is 2.33. The van der Waals surface area contributed by atoms with Crippen molar-refractivity contribution < 1.29 is 9.90 Å². The number of carbonyl (C=O) groups is 1. The van der Waals surface area contributed by atoms with Crippen molar-refractivity contribution in [2.75, 3.05) is 6.61 Å². The van der Waals surface area contributed by atoms with Gasteiger partial charge in [0.1, 0.15) is 0 Å². The molecule has 4 heteroatoms. The molecule has 0 aromatic carbocycles. The number of hydrogen-bond donors (Lipinski definition) is 3. The van der Waals surface area contributed by atoms with E-state index in [0.29, 0.717) is 0 Å². The predicted octanol–water partition coefficient (Wildman–Crippen LogP) is 0.781. The number of amides is 1. The second kappa shape index (κ2) is 5.83. The molecule has 0 spiro atoms. The van der Waals surface area contributed by atoms with Crippen molar-refractivity contribution in [3.05, 3.63) is 0 Å². The Kier molecular flexibility index (Phi) is 4.40. The molecular weight excluding hydrogens is 216 g/mol. The largest absolute Gasteiger partial charge is 0.396 e. The number of aliphatic hydroxyl groups excluding tert-OH is 1. The zero-order chi connectivity index (χ0) is 12.3. The van der Waals surface area contributed by atoms with Crippen LogP contribution in [0.25, 0.3) is 0 Å². The number of nitrogens with one attached hydrogen (secondary N) is 1. The fraction of sp³-hybridized carbons (Fsp3) is 0.923. The lowest BCUT2D eigenvalue weighted by Crippen LogP contribution is -2.48. The molecule has 4 N–H and O–H groups in total. The van der Waals surface area contributed by atoms with Crippen LogP contribution in [0, 0.1) is 11.8 Å². The van der Waals surface area contributed by atoms with Gasteiger partial charge in [0.2, 0.25) is 5.91 Å². The zero-order valence-corrected chi connectivity index (χ0v) is 10.4. The molecule has 2 aliphatic carbocycles. The van der Waals surface area contributed by atoms with Gasteiger partial charge in [-0.15, -0.1) is 0 Å². The number of nitrogens with two attached hydrogens (primary N) is 1. The van der Waals surface area contributed by atoms with Gasteiger partial charge in [-0.05, 0) is 25.7 Å². The van der Waals surface area contributed by atoms with Crippen molar-refractivity contribution in [3.63, 3.8) is 0 Å². The fourth-order valence-electron chi connectivity index (χ4n) is 3.22. The lowest BCUT2D eigenvalue weighted by molar-refractivity contribution is -0.126. The van der Waals surface area contributed by atoms with E-state index in [1.165, 1.54) is 6.42 Å². The Hall–Kier alpha value is -0.610. The number of hydrogen-bond acceptors (Lipinski definition) is 3. The summed E-state index contributed by atoms with van der Waals surface area (Å²) >= 11 is 0. The highest BCUT2D eigenvalue weighted by atomic mass is 16.3. The van der Waals surface area contributed by atoms with Gasteiger partial charge in [0, 0.05) is 24.6 Å². The summed E-state index contributed by atoms with van der Waals surface area (Å²) in [7, 11) is 0. The second-order valence-corrected chi connectivity index (χ2v) is 5.54. The van der Waals surface area contributed by atoms with Crippen LogP contribution in [0.1, 0.15) is 44.9 Å². The number of aliphatic hydroxyl groups is 1. The van der Waals surface area contributed by atoms with Crippen LogP contribution in [0.4, 0.5) is 0 Å². The van der Waals surface area contributed by atoms with E-state index in [1.54, 1.807) is 0 Å². The van der Waals surface area contributed by atoms with E-state index in [4.69, 9.17) is 5.73 Å². The molecule has 0 aliphatic heterocycles. The normalized spacial score (nSPS) is 38.0. The molecule has 2 fully saturated rings. The van der Waals surface area contributed by atoms with Gasteiger partial charge < -0.3 is 16.2 Å². The SMILES string of the molecule is NC1CCCC1C(=O)NC1CCCCC1CO. The van der Waals surface area contributed by atoms with Crippen molar-refractivity contribution in [1.29, 1.82) is 0 Å². The maximum atomic E-state index is 12.1. The van der Waals surface area contributed by atoms with Crippen molar-refractivity contribution in [2.24, 2.45) is 17.6 Å². The van der Waals surface area contributed by atoms with E-state index in [9.17, 15) is 9.90 Å². The summed E-state index contributed by atoms with van der Waals surface area (Å²) in [6.45, 7) is 0.182. The fourth-order valence-corrected chi connectivity index (χ4v) is 3.22. The first-order chi connectivity index (χ1) is 8.22. The second-order valence-electron chi connectivity index (χ2n) is 5.54. The molecule has 4 unspecified atom stereocenters. The summed E-state index contributed by atoms with van der Waals surface area (Å²) in [4.78, 5) is 12.1. The first kappa shape index (κ1) is 12.8. The Morgan fingerprint density at radius 2 is 1.94 bits per heavy atom. The van der Waals surface area contributed by atoms with Gasteiger partial charge in [-0.25, -0.2) is 0 Å². The third kappa shape index (κ3) is 2.99. The average molecular weight is 240 g/mol. The third-order valence-corrected chi connectivity index (χ3v) is 4.38. The lowest BCUT2D eigenvalue weighted by Gasteiger charge is -2.32. The van der Waals surface area contributed by atoms with E-state index in [0.717, 1.165) is 38.5 Å². The van der Waals surface area contributed by atoms with Crippen LogP contribution in [0.3, 0.4) is 0 Å². The first-order valence-corrected chi connectivity index (χ1v) is 6.89. The van der Waals surface area contributed by atoms with Crippen molar-refractivity contribution in [3.8, 4) is 0 Å². The van der Waals surface area contributed by atoms with Crippen LogP contribution >= 0.6 is 0 Å². The Bertz CT molecular complexity index is 270. The maximum Gasteiger partial charge on any atom is 0.224 e. The minimum atomic E-state index is -0.00345.